The first-order valence-electron chi connectivity index (χ1n) is 10.00. The highest BCUT2D eigenvalue weighted by Gasteiger charge is 2.23. The van der Waals surface area contributed by atoms with Crippen LogP contribution in [0.5, 0.6) is 0 Å². The summed E-state index contributed by atoms with van der Waals surface area (Å²) in [5.74, 6) is 0.412. The van der Waals surface area contributed by atoms with Gasteiger partial charge in [-0.15, -0.1) is 0 Å². The molecule has 2 rings (SSSR count). The van der Waals surface area contributed by atoms with E-state index >= 15 is 0 Å². The molecule has 6 heteroatoms. The minimum atomic E-state index is -3.60. The van der Waals surface area contributed by atoms with Crippen LogP contribution in [-0.4, -0.2) is 27.1 Å². The summed E-state index contributed by atoms with van der Waals surface area (Å²) in [6.07, 6.45) is 1.90. The number of carbonyl (C=O) groups excluding carboxylic acids is 1. The summed E-state index contributed by atoms with van der Waals surface area (Å²) in [5.41, 5.74) is 2.63. The molecule has 5 nitrogen and oxygen atoms in total. The second kappa shape index (κ2) is 9.92. The van der Waals surface area contributed by atoms with Crippen LogP contribution in [0, 0.1) is 5.92 Å². The Labute approximate surface area is 175 Å². The van der Waals surface area contributed by atoms with Crippen molar-refractivity contribution in [1.82, 2.24) is 5.32 Å². The molecule has 0 aliphatic rings. The molecule has 1 atom stereocenters. The molecule has 29 heavy (non-hydrogen) atoms. The van der Waals surface area contributed by atoms with E-state index in [1.807, 2.05) is 42.5 Å². The molecule has 0 saturated heterocycles. The van der Waals surface area contributed by atoms with E-state index in [4.69, 9.17) is 0 Å². The molecule has 0 aliphatic heterocycles. The van der Waals surface area contributed by atoms with Crippen LogP contribution in [0.25, 0.3) is 0 Å². The van der Waals surface area contributed by atoms with Gasteiger partial charge in [-0.2, -0.15) is 0 Å². The van der Waals surface area contributed by atoms with Gasteiger partial charge in [-0.3, -0.25) is 9.10 Å². The molecule has 0 saturated carbocycles. The van der Waals surface area contributed by atoms with Crippen molar-refractivity contribution in [2.45, 2.75) is 46.1 Å². The Balaban J connectivity index is 2.20. The maximum atomic E-state index is 12.8. The average Bonchev–Trinajstić information content (AvgIpc) is 2.65. The summed E-state index contributed by atoms with van der Waals surface area (Å²) in [6.45, 7) is 8.11. The van der Waals surface area contributed by atoms with Crippen molar-refractivity contribution in [1.29, 1.82) is 0 Å². The fraction of sp³-hybridized carbons (Fsp3) is 0.435. The molecule has 0 spiro atoms. The van der Waals surface area contributed by atoms with E-state index < -0.39 is 10.0 Å². The van der Waals surface area contributed by atoms with Crippen LogP contribution in [0.3, 0.4) is 0 Å². The molecule has 0 aliphatic carbocycles. The van der Waals surface area contributed by atoms with Crippen LogP contribution >= 0.6 is 0 Å². The quantitative estimate of drug-likeness (QED) is 0.655. The molecular formula is C23H32N2O3S. The summed E-state index contributed by atoms with van der Waals surface area (Å²) < 4.78 is 25.9. The lowest BCUT2D eigenvalue weighted by Crippen LogP contribution is -2.41. The number of hydrogen-bond donors (Lipinski definition) is 1. The molecule has 1 N–H and O–H groups in total. The number of sulfonamides is 1. The van der Waals surface area contributed by atoms with E-state index in [0.29, 0.717) is 17.5 Å². The summed E-state index contributed by atoms with van der Waals surface area (Å²) in [6, 6.07) is 16.9. The first-order chi connectivity index (χ1) is 13.6. The van der Waals surface area contributed by atoms with Gasteiger partial charge >= 0.3 is 0 Å². The molecule has 0 aromatic heterocycles. The van der Waals surface area contributed by atoms with E-state index in [1.54, 1.807) is 12.1 Å². The average molecular weight is 417 g/mol. The van der Waals surface area contributed by atoms with Gasteiger partial charge in [0.2, 0.25) is 15.9 Å². The van der Waals surface area contributed by atoms with Gasteiger partial charge in [0.15, 0.2) is 0 Å². The molecule has 0 fully saturated rings. The van der Waals surface area contributed by atoms with Gasteiger partial charge in [0.05, 0.1) is 18.0 Å². The largest absolute Gasteiger partial charge is 0.348 e. The summed E-state index contributed by atoms with van der Waals surface area (Å²) in [5, 5.41) is 3.02. The van der Waals surface area contributed by atoms with Gasteiger partial charge in [0.1, 0.15) is 6.54 Å². The summed E-state index contributed by atoms with van der Waals surface area (Å²) in [7, 11) is -3.60. The molecule has 158 valence electrons. The number of nitrogens with one attached hydrogen (secondary N) is 1. The van der Waals surface area contributed by atoms with Crippen LogP contribution in [-0.2, 0) is 14.8 Å². The van der Waals surface area contributed by atoms with Gasteiger partial charge in [-0.05, 0) is 41.5 Å². The molecule has 2 aromatic rings. The Kier molecular flexibility index (Phi) is 7.85. The van der Waals surface area contributed by atoms with E-state index in [1.165, 1.54) is 0 Å². The van der Waals surface area contributed by atoms with Crippen LogP contribution in [0.1, 0.15) is 57.2 Å². The van der Waals surface area contributed by atoms with Gasteiger partial charge < -0.3 is 5.32 Å². The first-order valence-corrected chi connectivity index (χ1v) is 11.8. The van der Waals surface area contributed by atoms with Crippen molar-refractivity contribution in [3.63, 3.8) is 0 Å². The predicted molar refractivity (Wildman–Crippen MR) is 120 cm³/mol. The topological polar surface area (TPSA) is 66.5 Å². The normalized spacial score (nSPS) is 12.8. The van der Waals surface area contributed by atoms with E-state index in [9.17, 15) is 13.2 Å². The molecule has 0 heterocycles. The highest BCUT2D eigenvalue weighted by atomic mass is 32.2. The Morgan fingerprint density at radius 2 is 1.52 bits per heavy atom. The lowest BCUT2D eigenvalue weighted by Gasteiger charge is -2.25. The van der Waals surface area contributed by atoms with E-state index in [2.05, 4.69) is 33.0 Å². The summed E-state index contributed by atoms with van der Waals surface area (Å²) >= 11 is 0. The van der Waals surface area contributed by atoms with Gasteiger partial charge in [0, 0.05) is 0 Å². The first kappa shape index (κ1) is 22.9. The van der Waals surface area contributed by atoms with Crippen LogP contribution in [0.15, 0.2) is 54.6 Å². The maximum absolute atomic E-state index is 12.8. The zero-order valence-corrected chi connectivity index (χ0v) is 18.7. The van der Waals surface area contributed by atoms with Crippen molar-refractivity contribution < 1.29 is 13.2 Å². The number of carbonyl (C=O) groups is 1. The molecule has 0 unspecified atom stereocenters. The van der Waals surface area contributed by atoms with Crippen LogP contribution in [0.4, 0.5) is 5.69 Å². The molecule has 0 bridgehead atoms. The van der Waals surface area contributed by atoms with Gasteiger partial charge in [-0.25, -0.2) is 8.42 Å². The Hall–Kier alpha value is -2.34. The second-order valence-corrected chi connectivity index (χ2v) is 10.1. The number of benzene rings is 2. The molecule has 1 amide bonds. The molecule has 0 radical (unpaired) electrons. The van der Waals surface area contributed by atoms with Crippen molar-refractivity contribution in [2.24, 2.45) is 5.92 Å². The minimum absolute atomic E-state index is 0.159. The number of amides is 1. The Bertz CT molecular complexity index is 891. The van der Waals surface area contributed by atoms with Crippen LogP contribution < -0.4 is 9.62 Å². The third kappa shape index (κ3) is 6.89. The number of nitrogens with zero attached hydrogens (tertiary/aromatic N) is 1. The molecular weight excluding hydrogens is 384 g/mol. The minimum Gasteiger partial charge on any atom is -0.348 e. The van der Waals surface area contributed by atoms with Crippen molar-refractivity contribution >= 4 is 21.6 Å². The lowest BCUT2D eigenvalue weighted by molar-refractivity contribution is -0.120. The summed E-state index contributed by atoms with van der Waals surface area (Å²) in [4.78, 5) is 12.8. The fourth-order valence-electron chi connectivity index (χ4n) is 3.23. The third-order valence-corrected chi connectivity index (χ3v) is 5.92. The smallest absolute Gasteiger partial charge is 0.241 e. The second-order valence-electron chi connectivity index (χ2n) is 8.18. The van der Waals surface area contributed by atoms with Crippen molar-refractivity contribution in [3.8, 4) is 0 Å². The third-order valence-electron chi connectivity index (χ3n) is 4.78. The SMILES string of the molecule is CC(C)C[C@@H](NC(=O)CN(c1ccc(C(C)C)cc1)S(C)(=O)=O)c1ccccc1. The number of rotatable bonds is 9. The zero-order valence-electron chi connectivity index (χ0n) is 17.9. The number of anilines is 1. The van der Waals surface area contributed by atoms with Crippen molar-refractivity contribution in [3.05, 3.63) is 65.7 Å². The fourth-order valence-corrected chi connectivity index (χ4v) is 4.09. The van der Waals surface area contributed by atoms with Crippen molar-refractivity contribution in [2.75, 3.05) is 17.1 Å². The van der Waals surface area contributed by atoms with E-state index in [0.717, 1.165) is 28.1 Å². The predicted octanol–water partition coefficient (Wildman–Crippen LogP) is 4.48. The van der Waals surface area contributed by atoms with Gasteiger partial charge in [0.25, 0.3) is 0 Å². The lowest BCUT2D eigenvalue weighted by atomic mass is 9.97. The van der Waals surface area contributed by atoms with E-state index in [-0.39, 0.29) is 18.5 Å². The zero-order chi connectivity index (χ0) is 21.6. The highest BCUT2D eigenvalue weighted by Crippen LogP contribution is 2.23. The number of hydrogen-bond acceptors (Lipinski definition) is 3. The standard InChI is InChI=1S/C23H32N2O3S/c1-17(2)15-22(20-9-7-6-8-10-20)24-23(26)16-25(29(5,27)28)21-13-11-19(12-14-21)18(3)4/h6-14,17-18,22H,15-16H2,1-5H3,(H,24,26)/t22-/m1/s1. The Morgan fingerprint density at radius 1 is 0.931 bits per heavy atom. The van der Waals surface area contributed by atoms with Gasteiger partial charge in [-0.1, -0.05) is 70.2 Å². The molecule has 2 aromatic carbocycles. The van der Waals surface area contributed by atoms with Crippen LogP contribution in [0.2, 0.25) is 0 Å². The Morgan fingerprint density at radius 3 is 2.00 bits per heavy atom. The monoisotopic (exact) mass is 416 g/mol. The maximum Gasteiger partial charge on any atom is 0.241 e. The highest BCUT2D eigenvalue weighted by molar-refractivity contribution is 7.92.